The maximum Gasteiger partial charge on any atom is 0.123 e. The van der Waals surface area contributed by atoms with Crippen LogP contribution in [0.4, 0.5) is 4.39 Å². The lowest BCUT2D eigenvalue weighted by Crippen LogP contribution is -2.49. The van der Waals surface area contributed by atoms with Crippen molar-refractivity contribution in [2.45, 2.75) is 57.1 Å². The topological polar surface area (TPSA) is 12.5 Å². The molecule has 2 fully saturated rings. The van der Waals surface area contributed by atoms with Crippen LogP contribution in [0, 0.1) is 11.7 Å². The average Bonchev–Trinajstić information content (AvgIpc) is 2.58. The number of benzene rings is 1. The Morgan fingerprint density at radius 1 is 1.09 bits per heavy atom. The Morgan fingerprint density at radius 2 is 1.82 bits per heavy atom. The second-order valence-electron chi connectivity index (χ2n) is 6.94. The summed E-state index contributed by atoms with van der Waals surface area (Å²) in [6, 6.07) is 7.75. The van der Waals surface area contributed by atoms with Crippen molar-refractivity contribution in [2.75, 3.05) is 20.2 Å². The molecule has 1 aliphatic carbocycles. The highest BCUT2D eigenvalue weighted by Crippen LogP contribution is 2.29. The molecule has 0 amide bonds. The molecule has 122 valence electrons. The van der Waals surface area contributed by atoms with Crippen LogP contribution in [0.1, 0.15) is 44.1 Å². The zero-order valence-electron chi connectivity index (χ0n) is 13.6. The highest BCUT2D eigenvalue weighted by molar-refractivity contribution is 5.17. The molecule has 2 atom stereocenters. The number of hydrogen-bond acceptors (Lipinski definition) is 2. The van der Waals surface area contributed by atoms with Crippen LogP contribution in [0.2, 0.25) is 0 Å². The Hall–Kier alpha value is -0.930. The first-order valence-corrected chi connectivity index (χ1v) is 8.77. The first kappa shape index (κ1) is 15.9. The van der Waals surface area contributed by atoms with E-state index in [9.17, 15) is 4.39 Å². The minimum Gasteiger partial charge on any atom is -0.381 e. The van der Waals surface area contributed by atoms with Crippen LogP contribution in [0.15, 0.2) is 24.3 Å². The molecule has 2 nitrogen and oxygen atoms in total. The Labute approximate surface area is 133 Å². The molecule has 0 aromatic heterocycles. The fourth-order valence-corrected chi connectivity index (χ4v) is 4.25. The van der Waals surface area contributed by atoms with Gasteiger partial charge in [0.2, 0.25) is 0 Å². The fourth-order valence-electron chi connectivity index (χ4n) is 4.25. The lowest BCUT2D eigenvalue weighted by Gasteiger charge is -2.43. The first-order valence-electron chi connectivity index (χ1n) is 8.77. The summed E-state index contributed by atoms with van der Waals surface area (Å²) in [4.78, 5) is 2.70. The molecule has 1 aromatic rings. The van der Waals surface area contributed by atoms with Gasteiger partial charge >= 0.3 is 0 Å². The molecule has 1 saturated heterocycles. The average molecular weight is 305 g/mol. The van der Waals surface area contributed by atoms with Gasteiger partial charge in [0.05, 0.1) is 6.10 Å². The Morgan fingerprint density at radius 3 is 2.50 bits per heavy atom. The van der Waals surface area contributed by atoms with Gasteiger partial charge in [-0.15, -0.1) is 0 Å². The van der Waals surface area contributed by atoms with E-state index in [-0.39, 0.29) is 5.82 Å². The number of hydrogen-bond donors (Lipinski definition) is 0. The Kier molecular flexibility index (Phi) is 5.48. The van der Waals surface area contributed by atoms with E-state index in [4.69, 9.17) is 4.74 Å². The largest absolute Gasteiger partial charge is 0.381 e. The summed E-state index contributed by atoms with van der Waals surface area (Å²) in [5, 5.41) is 0. The van der Waals surface area contributed by atoms with Crippen molar-refractivity contribution in [1.82, 2.24) is 4.90 Å². The third-order valence-electron chi connectivity index (χ3n) is 5.50. The normalized spacial score (nSPS) is 27.9. The van der Waals surface area contributed by atoms with Gasteiger partial charge in [-0.3, -0.25) is 4.90 Å². The molecule has 0 unspecified atom stereocenters. The van der Waals surface area contributed by atoms with Crippen molar-refractivity contribution in [3.8, 4) is 0 Å². The molecule has 22 heavy (non-hydrogen) atoms. The lowest BCUT2D eigenvalue weighted by molar-refractivity contribution is -0.0230. The number of nitrogens with zero attached hydrogens (tertiary/aromatic N) is 1. The second-order valence-corrected chi connectivity index (χ2v) is 6.94. The first-order chi connectivity index (χ1) is 10.8. The van der Waals surface area contributed by atoms with Gasteiger partial charge in [0.15, 0.2) is 0 Å². The van der Waals surface area contributed by atoms with Gasteiger partial charge in [-0.2, -0.15) is 0 Å². The summed E-state index contributed by atoms with van der Waals surface area (Å²) in [6.07, 6.45) is 9.35. The Balaban J connectivity index is 1.64. The quantitative estimate of drug-likeness (QED) is 0.832. The summed E-state index contributed by atoms with van der Waals surface area (Å²) < 4.78 is 18.8. The van der Waals surface area contributed by atoms with E-state index >= 15 is 0 Å². The Bertz CT molecular complexity index is 455. The predicted octanol–water partition coefficient (Wildman–Crippen LogP) is 4.04. The number of ether oxygens (including phenoxy) is 1. The minimum atomic E-state index is -0.153. The number of methoxy groups -OCH3 is 1. The molecule has 3 heteroatoms. The summed E-state index contributed by atoms with van der Waals surface area (Å²) in [7, 11) is 1.83. The van der Waals surface area contributed by atoms with Gasteiger partial charge in [0.1, 0.15) is 5.82 Å². The zero-order chi connectivity index (χ0) is 15.4. The van der Waals surface area contributed by atoms with Crippen molar-refractivity contribution < 1.29 is 9.13 Å². The van der Waals surface area contributed by atoms with Gasteiger partial charge in [0.25, 0.3) is 0 Å². The maximum absolute atomic E-state index is 13.1. The van der Waals surface area contributed by atoms with Crippen molar-refractivity contribution >= 4 is 0 Å². The molecule has 0 spiro atoms. The third-order valence-corrected chi connectivity index (χ3v) is 5.50. The molecule has 0 N–H and O–H groups in total. The third kappa shape index (κ3) is 3.88. The van der Waals surface area contributed by atoms with Gasteiger partial charge in [-0.05, 0) is 43.4 Å². The monoisotopic (exact) mass is 305 g/mol. The van der Waals surface area contributed by atoms with Crippen molar-refractivity contribution in [1.29, 1.82) is 0 Å². The van der Waals surface area contributed by atoms with Crippen LogP contribution in [-0.4, -0.2) is 37.2 Å². The molecule has 2 aliphatic rings. The molecule has 1 aliphatic heterocycles. The van der Waals surface area contributed by atoms with E-state index in [1.807, 2.05) is 19.2 Å². The molecule has 0 bridgehead atoms. The summed E-state index contributed by atoms with van der Waals surface area (Å²) in [5.41, 5.74) is 1.22. The van der Waals surface area contributed by atoms with Gasteiger partial charge in [-0.25, -0.2) is 4.39 Å². The van der Waals surface area contributed by atoms with Crippen molar-refractivity contribution in [3.05, 3.63) is 35.6 Å². The number of likely N-dealkylation sites (tertiary alicyclic amines) is 1. The van der Waals surface area contributed by atoms with Crippen LogP contribution >= 0.6 is 0 Å². The minimum absolute atomic E-state index is 0.153. The van der Waals surface area contributed by atoms with E-state index in [2.05, 4.69) is 4.90 Å². The van der Waals surface area contributed by atoms with E-state index in [0.717, 1.165) is 25.4 Å². The van der Waals surface area contributed by atoms with Gasteiger partial charge in [-0.1, -0.05) is 31.4 Å². The standard InChI is InChI=1S/C19H28FNO/c1-22-19-11-12-21(18-5-3-2-4-6-18)14-16(19)13-15-7-9-17(20)10-8-15/h7-10,16,18-19H,2-6,11-14H2,1H3/t16-,19-/m1/s1. The lowest BCUT2D eigenvalue weighted by atomic mass is 9.85. The van der Waals surface area contributed by atoms with E-state index < -0.39 is 0 Å². The number of halogens is 1. The zero-order valence-corrected chi connectivity index (χ0v) is 13.6. The second kappa shape index (κ2) is 7.56. The number of rotatable bonds is 4. The molecular formula is C19H28FNO. The predicted molar refractivity (Wildman–Crippen MR) is 87.5 cm³/mol. The highest BCUT2D eigenvalue weighted by atomic mass is 19.1. The van der Waals surface area contributed by atoms with Crippen LogP contribution in [0.25, 0.3) is 0 Å². The molecule has 1 aromatic carbocycles. The van der Waals surface area contributed by atoms with Gasteiger partial charge < -0.3 is 4.74 Å². The van der Waals surface area contributed by atoms with Crippen molar-refractivity contribution in [2.24, 2.45) is 5.92 Å². The smallest absolute Gasteiger partial charge is 0.123 e. The molecular weight excluding hydrogens is 277 g/mol. The summed E-state index contributed by atoms with van der Waals surface area (Å²) in [6.45, 7) is 2.30. The summed E-state index contributed by atoms with van der Waals surface area (Å²) >= 11 is 0. The fraction of sp³-hybridized carbons (Fsp3) is 0.684. The molecule has 0 radical (unpaired) electrons. The van der Waals surface area contributed by atoms with Crippen LogP contribution in [0.5, 0.6) is 0 Å². The summed E-state index contributed by atoms with van der Waals surface area (Å²) in [5.74, 6) is 0.366. The maximum atomic E-state index is 13.1. The number of piperidine rings is 1. The van der Waals surface area contributed by atoms with E-state index in [1.165, 1.54) is 44.2 Å². The highest BCUT2D eigenvalue weighted by Gasteiger charge is 2.32. The molecule has 1 heterocycles. The SMILES string of the molecule is CO[C@@H]1CCN(C2CCCCC2)C[C@H]1Cc1ccc(F)cc1. The van der Waals surface area contributed by atoms with E-state index in [0.29, 0.717) is 12.0 Å². The molecule has 1 saturated carbocycles. The van der Waals surface area contributed by atoms with Crippen LogP contribution < -0.4 is 0 Å². The van der Waals surface area contributed by atoms with E-state index in [1.54, 1.807) is 12.1 Å². The van der Waals surface area contributed by atoms with Gasteiger partial charge in [0, 0.05) is 32.2 Å². The molecule has 3 rings (SSSR count). The van der Waals surface area contributed by atoms with Crippen LogP contribution in [0.3, 0.4) is 0 Å². The van der Waals surface area contributed by atoms with Crippen molar-refractivity contribution in [3.63, 3.8) is 0 Å². The van der Waals surface area contributed by atoms with Crippen LogP contribution in [-0.2, 0) is 11.2 Å².